The van der Waals surface area contributed by atoms with E-state index in [1.54, 1.807) is 0 Å². The molecule has 1 aromatic heterocycles. The van der Waals surface area contributed by atoms with Crippen LogP contribution >= 0.6 is 22.6 Å². The van der Waals surface area contributed by atoms with Gasteiger partial charge in [-0.2, -0.15) is 0 Å². The topological polar surface area (TPSA) is 53.4 Å². The van der Waals surface area contributed by atoms with Crippen molar-refractivity contribution in [3.63, 3.8) is 0 Å². The summed E-state index contributed by atoms with van der Waals surface area (Å²) >= 11 is 2.29. The van der Waals surface area contributed by atoms with Gasteiger partial charge in [-0.1, -0.05) is 20.3 Å². The smallest absolute Gasteiger partial charge is 0.0823 e. The zero-order chi connectivity index (χ0) is 14.5. The third kappa shape index (κ3) is 2.40. The van der Waals surface area contributed by atoms with Crippen molar-refractivity contribution in [2.24, 2.45) is 5.41 Å². The molecule has 1 atom stereocenters. The zero-order valence-electron chi connectivity index (χ0n) is 12.1. The van der Waals surface area contributed by atoms with Crippen molar-refractivity contribution >= 4 is 22.6 Å². The van der Waals surface area contributed by atoms with E-state index < -0.39 is 6.10 Å². The SMILES string of the molecule is CC1(C)Cc2nc(C3CCC3)c(CO)c(I)c2[C@@H](O)C1. The molecular formula is C16H22INO2. The fraction of sp³-hybridized carbons (Fsp3) is 0.688. The normalized spacial score (nSPS) is 25.1. The van der Waals surface area contributed by atoms with Crippen LogP contribution in [0.5, 0.6) is 0 Å². The summed E-state index contributed by atoms with van der Waals surface area (Å²) in [5.41, 5.74) is 4.16. The van der Waals surface area contributed by atoms with Crippen LogP contribution < -0.4 is 0 Å². The Bertz CT molecular complexity index is 538. The van der Waals surface area contributed by atoms with Crippen molar-refractivity contribution in [3.8, 4) is 0 Å². The lowest BCUT2D eigenvalue weighted by Crippen LogP contribution is -2.29. The largest absolute Gasteiger partial charge is 0.392 e. The maximum Gasteiger partial charge on any atom is 0.0823 e. The van der Waals surface area contributed by atoms with Gasteiger partial charge in [-0.15, -0.1) is 0 Å². The maximum absolute atomic E-state index is 10.5. The Morgan fingerprint density at radius 1 is 1.35 bits per heavy atom. The lowest BCUT2D eigenvalue weighted by molar-refractivity contribution is 0.0967. The van der Waals surface area contributed by atoms with Gasteiger partial charge >= 0.3 is 0 Å². The Labute approximate surface area is 134 Å². The van der Waals surface area contributed by atoms with Gasteiger partial charge in [-0.05, 0) is 53.7 Å². The highest BCUT2D eigenvalue weighted by molar-refractivity contribution is 14.1. The number of aliphatic hydroxyl groups is 2. The van der Waals surface area contributed by atoms with Gasteiger partial charge in [0.05, 0.1) is 18.4 Å². The van der Waals surface area contributed by atoms with Gasteiger partial charge in [0.1, 0.15) is 0 Å². The van der Waals surface area contributed by atoms with E-state index >= 15 is 0 Å². The van der Waals surface area contributed by atoms with Crippen molar-refractivity contribution in [1.29, 1.82) is 0 Å². The predicted octanol–water partition coefficient (Wildman–Crippen LogP) is 3.45. The fourth-order valence-corrected chi connectivity index (χ4v) is 4.59. The molecule has 1 saturated carbocycles. The minimum Gasteiger partial charge on any atom is -0.392 e. The second-order valence-electron chi connectivity index (χ2n) is 7.00. The molecule has 4 heteroatoms. The van der Waals surface area contributed by atoms with E-state index in [1.165, 1.54) is 19.3 Å². The summed E-state index contributed by atoms with van der Waals surface area (Å²) in [5, 5.41) is 20.2. The van der Waals surface area contributed by atoms with Crippen molar-refractivity contribution in [3.05, 3.63) is 26.1 Å². The molecule has 1 aromatic rings. The molecule has 3 rings (SSSR count). The van der Waals surface area contributed by atoms with E-state index in [4.69, 9.17) is 4.98 Å². The van der Waals surface area contributed by atoms with Gasteiger partial charge in [0.2, 0.25) is 0 Å². The molecule has 0 radical (unpaired) electrons. The standard InChI is InChI=1S/C16H22INO2/c1-16(2)6-11-13(12(20)7-16)14(17)10(8-19)15(18-11)9-4-3-5-9/h9,12,19-20H,3-8H2,1-2H3/t12-/m0/s1. The zero-order valence-corrected chi connectivity index (χ0v) is 14.3. The van der Waals surface area contributed by atoms with Gasteiger partial charge in [-0.3, -0.25) is 4.98 Å². The first-order valence-corrected chi connectivity index (χ1v) is 8.51. The van der Waals surface area contributed by atoms with Crippen molar-refractivity contribution < 1.29 is 10.2 Å². The molecule has 0 aliphatic heterocycles. The number of hydrogen-bond donors (Lipinski definition) is 2. The Morgan fingerprint density at radius 3 is 2.60 bits per heavy atom. The molecule has 0 spiro atoms. The Hall–Kier alpha value is -0.200. The maximum atomic E-state index is 10.5. The Morgan fingerprint density at radius 2 is 2.05 bits per heavy atom. The Balaban J connectivity index is 2.13. The van der Waals surface area contributed by atoms with Crippen LogP contribution in [-0.2, 0) is 13.0 Å². The molecule has 0 unspecified atom stereocenters. The van der Waals surface area contributed by atoms with Crippen molar-refractivity contribution in [2.75, 3.05) is 0 Å². The van der Waals surface area contributed by atoms with Crippen LogP contribution in [0.15, 0.2) is 0 Å². The molecule has 1 heterocycles. The van der Waals surface area contributed by atoms with Crippen LogP contribution in [0.1, 0.15) is 74.1 Å². The number of fused-ring (bicyclic) bond motifs is 1. The summed E-state index contributed by atoms with van der Waals surface area (Å²) in [6, 6.07) is 0. The van der Waals surface area contributed by atoms with Crippen LogP contribution in [0.3, 0.4) is 0 Å². The molecule has 2 N–H and O–H groups in total. The molecule has 2 aliphatic carbocycles. The van der Waals surface area contributed by atoms with E-state index in [0.29, 0.717) is 5.92 Å². The summed E-state index contributed by atoms with van der Waals surface area (Å²) in [5.74, 6) is 0.512. The number of pyridine rings is 1. The van der Waals surface area contributed by atoms with E-state index in [1.807, 2.05) is 0 Å². The quantitative estimate of drug-likeness (QED) is 0.765. The van der Waals surface area contributed by atoms with Gasteiger partial charge in [0.25, 0.3) is 0 Å². The Kier molecular flexibility index (Phi) is 3.84. The molecular weight excluding hydrogens is 365 g/mol. The molecule has 3 nitrogen and oxygen atoms in total. The van der Waals surface area contributed by atoms with E-state index in [2.05, 4.69) is 36.4 Å². The van der Waals surface area contributed by atoms with Gasteiger partial charge in [0.15, 0.2) is 0 Å². The first-order chi connectivity index (χ1) is 9.43. The average Bonchev–Trinajstić information content (AvgIpc) is 2.23. The lowest BCUT2D eigenvalue weighted by atomic mass is 9.73. The molecule has 20 heavy (non-hydrogen) atoms. The highest BCUT2D eigenvalue weighted by Gasteiger charge is 2.36. The predicted molar refractivity (Wildman–Crippen MR) is 86.5 cm³/mol. The average molecular weight is 387 g/mol. The summed E-state index contributed by atoms with van der Waals surface area (Å²) in [7, 11) is 0. The molecule has 2 aliphatic rings. The van der Waals surface area contributed by atoms with E-state index in [9.17, 15) is 10.2 Å². The van der Waals surface area contributed by atoms with Crippen LogP contribution in [0.2, 0.25) is 0 Å². The first-order valence-electron chi connectivity index (χ1n) is 7.43. The second-order valence-corrected chi connectivity index (χ2v) is 8.08. The molecule has 1 fully saturated rings. The summed E-state index contributed by atoms with van der Waals surface area (Å²) in [6.45, 7) is 4.41. The number of aliphatic hydroxyl groups excluding tert-OH is 2. The number of halogens is 1. The number of aromatic nitrogens is 1. The third-order valence-electron chi connectivity index (χ3n) is 4.75. The summed E-state index contributed by atoms with van der Waals surface area (Å²) in [6.07, 6.45) is 4.86. The van der Waals surface area contributed by atoms with Crippen LogP contribution in [0, 0.1) is 8.99 Å². The third-order valence-corrected chi connectivity index (χ3v) is 5.98. The molecule has 0 aromatic carbocycles. The van der Waals surface area contributed by atoms with Crippen LogP contribution in [-0.4, -0.2) is 15.2 Å². The molecule has 0 amide bonds. The minimum absolute atomic E-state index is 0.0283. The number of hydrogen-bond acceptors (Lipinski definition) is 3. The van der Waals surface area contributed by atoms with Crippen molar-refractivity contribution in [2.45, 2.75) is 64.6 Å². The lowest BCUT2D eigenvalue weighted by Gasteiger charge is -2.37. The fourth-order valence-electron chi connectivity index (χ4n) is 3.47. The summed E-state index contributed by atoms with van der Waals surface area (Å²) in [4.78, 5) is 4.89. The number of nitrogens with zero attached hydrogens (tertiary/aromatic N) is 1. The number of rotatable bonds is 2. The molecule has 110 valence electrons. The highest BCUT2D eigenvalue weighted by atomic mass is 127. The highest BCUT2D eigenvalue weighted by Crippen LogP contribution is 2.45. The summed E-state index contributed by atoms with van der Waals surface area (Å²) < 4.78 is 1.04. The van der Waals surface area contributed by atoms with Crippen LogP contribution in [0.4, 0.5) is 0 Å². The van der Waals surface area contributed by atoms with E-state index in [0.717, 1.165) is 38.9 Å². The van der Waals surface area contributed by atoms with E-state index in [-0.39, 0.29) is 12.0 Å². The van der Waals surface area contributed by atoms with Crippen molar-refractivity contribution in [1.82, 2.24) is 4.98 Å². The van der Waals surface area contributed by atoms with Gasteiger partial charge in [0, 0.05) is 26.3 Å². The van der Waals surface area contributed by atoms with Gasteiger partial charge in [-0.25, -0.2) is 0 Å². The minimum atomic E-state index is -0.450. The second kappa shape index (κ2) is 5.21. The first kappa shape index (κ1) is 14.7. The monoisotopic (exact) mass is 387 g/mol. The molecule has 0 bridgehead atoms. The molecule has 0 saturated heterocycles. The van der Waals surface area contributed by atoms with Gasteiger partial charge < -0.3 is 10.2 Å². The van der Waals surface area contributed by atoms with Crippen LogP contribution in [0.25, 0.3) is 0 Å².